The lowest BCUT2D eigenvalue weighted by molar-refractivity contribution is -0.119. The highest BCUT2D eigenvalue weighted by atomic mass is 16.1. The molecule has 0 N–H and O–H groups in total. The Labute approximate surface area is 123 Å². The first-order valence-corrected chi connectivity index (χ1v) is 8.02. The second kappa shape index (κ2) is 7.58. The van der Waals surface area contributed by atoms with Gasteiger partial charge in [0.1, 0.15) is 5.78 Å². The maximum Gasteiger partial charge on any atom is 0.132 e. The van der Waals surface area contributed by atoms with Crippen LogP contribution in [-0.2, 0) is 11.3 Å². The summed E-state index contributed by atoms with van der Waals surface area (Å²) in [6.45, 7) is 5.32. The molecule has 1 aliphatic heterocycles. The Morgan fingerprint density at radius 1 is 1.25 bits per heavy atom. The van der Waals surface area contributed by atoms with Crippen molar-refractivity contribution in [2.45, 2.75) is 71.0 Å². The van der Waals surface area contributed by atoms with Gasteiger partial charge in [0.15, 0.2) is 0 Å². The number of Topliss-reactive ketones (excluding diaryl/α,β-unsaturated/α-hetero) is 1. The molecule has 1 aromatic rings. The van der Waals surface area contributed by atoms with Gasteiger partial charge in [-0.3, -0.25) is 9.69 Å². The zero-order valence-corrected chi connectivity index (χ0v) is 12.8. The fraction of sp³-hybridized carbons (Fsp3) is 0.611. The first-order chi connectivity index (χ1) is 9.70. The molecule has 0 bridgehead atoms. The lowest BCUT2D eigenvalue weighted by Gasteiger charge is -2.41. The minimum atomic E-state index is 0.405. The topological polar surface area (TPSA) is 20.3 Å². The van der Waals surface area contributed by atoms with Crippen LogP contribution in [0.25, 0.3) is 0 Å². The maximum absolute atomic E-state index is 11.6. The summed E-state index contributed by atoms with van der Waals surface area (Å²) in [6.07, 6.45) is 6.29. The molecule has 1 saturated heterocycles. The van der Waals surface area contributed by atoms with Crippen molar-refractivity contribution in [2.75, 3.05) is 0 Å². The number of nitrogens with zero attached hydrogens (tertiary/aromatic N) is 1. The van der Waals surface area contributed by atoms with Crippen LogP contribution in [0.4, 0.5) is 0 Å². The van der Waals surface area contributed by atoms with Gasteiger partial charge in [0.2, 0.25) is 0 Å². The van der Waals surface area contributed by atoms with Gasteiger partial charge in [-0.25, -0.2) is 0 Å². The smallest absolute Gasteiger partial charge is 0.132 e. The van der Waals surface area contributed by atoms with Crippen LogP contribution < -0.4 is 0 Å². The van der Waals surface area contributed by atoms with Crippen molar-refractivity contribution in [3.8, 4) is 0 Å². The first kappa shape index (κ1) is 15.2. The van der Waals surface area contributed by atoms with E-state index >= 15 is 0 Å². The van der Waals surface area contributed by atoms with Crippen molar-refractivity contribution in [3.63, 3.8) is 0 Å². The predicted octanol–water partition coefficient (Wildman–Crippen LogP) is 4.19. The molecule has 2 heteroatoms. The summed E-state index contributed by atoms with van der Waals surface area (Å²) in [5.74, 6) is 0.405. The molecule has 1 aromatic carbocycles. The van der Waals surface area contributed by atoms with Crippen molar-refractivity contribution in [1.29, 1.82) is 0 Å². The van der Waals surface area contributed by atoms with Crippen LogP contribution in [-0.4, -0.2) is 22.8 Å². The number of likely N-dealkylation sites (tertiary alicyclic amines) is 1. The lowest BCUT2D eigenvalue weighted by Crippen LogP contribution is -2.44. The highest BCUT2D eigenvalue weighted by molar-refractivity contribution is 5.77. The molecule has 1 aliphatic rings. The average molecular weight is 273 g/mol. The molecule has 2 atom stereocenters. The first-order valence-electron chi connectivity index (χ1n) is 8.02. The minimum absolute atomic E-state index is 0.405. The summed E-state index contributed by atoms with van der Waals surface area (Å²) >= 11 is 0. The number of piperidine rings is 1. The Hall–Kier alpha value is -1.15. The van der Waals surface area contributed by atoms with Gasteiger partial charge < -0.3 is 0 Å². The Morgan fingerprint density at radius 3 is 2.70 bits per heavy atom. The van der Waals surface area contributed by atoms with Gasteiger partial charge in [-0.2, -0.15) is 0 Å². The summed E-state index contributed by atoms with van der Waals surface area (Å²) < 4.78 is 0. The Morgan fingerprint density at radius 2 is 2.00 bits per heavy atom. The normalized spacial score (nSPS) is 23.7. The van der Waals surface area contributed by atoms with Crippen molar-refractivity contribution < 1.29 is 4.79 Å². The average Bonchev–Trinajstić information content (AvgIpc) is 2.48. The number of hydrogen-bond acceptors (Lipinski definition) is 2. The summed E-state index contributed by atoms with van der Waals surface area (Å²) in [5.41, 5.74) is 1.38. The SMILES string of the molecule is CCC(=O)CC[C@@H]1CCC[C@H](C)N1Cc1ccccc1. The van der Waals surface area contributed by atoms with Crippen LogP contribution in [0.2, 0.25) is 0 Å². The molecule has 0 aliphatic carbocycles. The maximum atomic E-state index is 11.6. The monoisotopic (exact) mass is 273 g/mol. The van der Waals surface area contributed by atoms with Crippen molar-refractivity contribution in [3.05, 3.63) is 35.9 Å². The zero-order chi connectivity index (χ0) is 14.4. The van der Waals surface area contributed by atoms with E-state index in [-0.39, 0.29) is 0 Å². The van der Waals surface area contributed by atoms with E-state index in [0.717, 1.165) is 19.4 Å². The number of carbonyl (C=O) groups is 1. The van der Waals surface area contributed by atoms with Crippen molar-refractivity contribution >= 4 is 5.78 Å². The summed E-state index contributed by atoms with van der Waals surface area (Å²) in [4.78, 5) is 14.2. The van der Waals surface area contributed by atoms with Gasteiger partial charge in [-0.15, -0.1) is 0 Å². The molecule has 0 amide bonds. The second-order valence-electron chi connectivity index (χ2n) is 6.02. The molecule has 0 spiro atoms. The molecule has 0 unspecified atom stereocenters. The summed E-state index contributed by atoms with van der Waals surface area (Å²) in [5, 5.41) is 0. The van der Waals surface area contributed by atoms with Crippen LogP contribution in [0.5, 0.6) is 0 Å². The van der Waals surface area contributed by atoms with Crippen LogP contribution in [0.15, 0.2) is 30.3 Å². The molecule has 2 rings (SSSR count). The molecule has 20 heavy (non-hydrogen) atoms. The van der Waals surface area contributed by atoms with Crippen LogP contribution >= 0.6 is 0 Å². The van der Waals surface area contributed by atoms with E-state index in [2.05, 4.69) is 42.2 Å². The standard InChI is InChI=1S/C18H27NO/c1-3-18(20)13-12-17-11-7-8-15(2)19(17)14-16-9-5-4-6-10-16/h4-6,9-10,15,17H,3,7-8,11-14H2,1-2H3/t15-,17-/m0/s1. The third kappa shape index (κ3) is 4.17. The minimum Gasteiger partial charge on any atom is -0.300 e. The lowest BCUT2D eigenvalue weighted by atomic mass is 9.92. The Kier molecular flexibility index (Phi) is 5.78. The number of hydrogen-bond donors (Lipinski definition) is 0. The third-order valence-electron chi connectivity index (χ3n) is 4.55. The quantitative estimate of drug-likeness (QED) is 0.774. The van der Waals surface area contributed by atoms with Crippen molar-refractivity contribution in [2.24, 2.45) is 0 Å². The van der Waals surface area contributed by atoms with E-state index in [1.165, 1.54) is 24.8 Å². The second-order valence-corrected chi connectivity index (χ2v) is 6.02. The zero-order valence-electron chi connectivity index (χ0n) is 12.8. The van der Waals surface area contributed by atoms with Gasteiger partial charge in [0.05, 0.1) is 0 Å². The predicted molar refractivity (Wildman–Crippen MR) is 83.6 cm³/mol. The highest BCUT2D eigenvalue weighted by Crippen LogP contribution is 2.27. The van der Waals surface area contributed by atoms with Crippen LogP contribution in [0.3, 0.4) is 0 Å². The van der Waals surface area contributed by atoms with E-state index in [1.54, 1.807) is 0 Å². The highest BCUT2D eigenvalue weighted by Gasteiger charge is 2.27. The van der Waals surface area contributed by atoms with E-state index in [1.807, 2.05) is 6.92 Å². The van der Waals surface area contributed by atoms with Crippen LogP contribution in [0, 0.1) is 0 Å². The third-order valence-corrected chi connectivity index (χ3v) is 4.55. The Balaban J connectivity index is 1.98. The Bertz CT molecular complexity index is 415. The molecule has 1 fully saturated rings. The number of benzene rings is 1. The van der Waals surface area contributed by atoms with E-state index < -0.39 is 0 Å². The molecular formula is C18H27NO. The molecular weight excluding hydrogens is 246 g/mol. The summed E-state index contributed by atoms with van der Waals surface area (Å²) in [6, 6.07) is 11.9. The molecule has 0 aromatic heterocycles. The van der Waals surface area contributed by atoms with Gasteiger partial charge in [0, 0.05) is 31.5 Å². The fourth-order valence-electron chi connectivity index (χ4n) is 3.23. The number of carbonyl (C=O) groups excluding carboxylic acids is 1. The summed E-state index contributed by atoms with van der Waals surface area (Å²) in [7, 11) is 0. The number of ketones is 1. The fourth-order valence-corrected chi connectivity index (χ4v) is 3.23. The molecule has 2 nitrogen and oxygen atoms in total. The van der Waals surface area contributed by atoms with Crippen LogP contribution in [0.1, 0.15) is 57.9 Å². The van der Waals surface area contributed by atoms with Gasteiger partial charge in [-0.05, 0) is 31.7 Å². The van der Waals surface area contributed by atoms with Crippen molar-refractivity contribution in [1.82, 2.24) is 4.90 Å². The van der Waals surface area contributed by atoms with Gasteiger partial charge in [-0.1, -0.05) is 43.7 Å². The number of rotatable bonds is 6. The largest absolute Gasteiger partial charge is 0.300 e. The van der Waals surface area contributed by atoms with Gasteiger partial charge in [0.25, 0.3) is 0 Å². The molecule has 0 radical (unpaired) electrons. The molecule has 0 saturated carbocycles. The van der Waals surface area contributed by atoms with Gasteiger partial charge >= 0.3 is 0 Å². The molecule has 110 valence electrons. The van der Waals surface area contributed by atoms with E-state index in [0.29, 0.717) is 24.3 Å². The van der Waals surface area contributed by atoms with E-state index in [9.17, 15) is 4.79 Å². The molecule has 1 heterocycles. The van der Waals surface area contributed by atoms with E-state index in [4.69, 9.17) is 0 Å².